The molecule has 3 aromatic rings. The maximum atomic E-state index is 12.3. The normalized spacial score (nSPS) is 10.2. The molecule has 2 heterocycles. The predicted molar refractivity (Wildman–Crippen MR) is 96.9 cm³/mol. The van der Waals surface area contributed by atoms with Crippen LogP contribution in [0.4, 0.5) is 5.82 Å². The topological polar surface area (TPSA) is 67.0 Å². The van der Waals surface area contributed by atoms with Gasteiger partial charge in [0.25, 0.3) is 5.91 Å². The first kappa shape index (κ1) is 16.4. The van der Waals surface area contributed by atoms with Crippen molar-refractivity contribution in [1.82, 2.24) is 10.2 Å². The Hall–Kier alpha value is -2.49. The van der Waals surface area contributed by atoms with Gasteiger partial charge in [-0.25, -0.2) is 0 Å². The van der Waals surface area contributed by atoms with E-state index in [9.17, 15) is 4.79 Å². The summed E-state index contributed by atoms with van der Waals surface area (Å²) in [5.41, 5.74) is 0.801. The van der Waals surface area contributed by atoms with Crippen LogP contribution in [0.1, 0.15) is 23.0 Å². The highest BCUT2D eigenvalue weighted by atomic mass is 35.5. The van der Waals surface area contributed by atoms with E-state index in [1.54, 1.807) is 11.4 Å². The Kier molecular flexibility index (Phi) is 5.04. The minimum Gasteiger partial charge on any atom is -0.481 e. The van der Waals surface area contributed by atoms with E-state index < -0.39 is 0 Å². The minimum atomic E-state index is -0.288. The lowest BCUT2D eigenvalue weighted by Gasteiger charge is -2.04. The third-order valence-corrected chi connectivity index (χ3v) is 4.54. The van der Waals surface area contributed by atoms with Crippen LogP contribution < -0.4 is 10.1 Å². The van der Waals surface area contributed by atoms with E-state index in [1.165, 1.54) is 11.3 Å². The van der Waals surface area contributed by atoms with Crippen molar-refractivity contribution in [2.45, 2.75) is 13.3 Å². The fraction of sp³-hybridized carbons (Fsp3) is 0.176. The number of benzene rings is 1. The van der Waals surface area contributed by atoms with Gasteiger partial charge in [-0.1, -0.05) is 24.4 Å². The van der Waals surface area contributed by atoms with Crippen molar-refractivity contribution in [3.8, 4) is 17.6 Å². The molecule has 0 fully saturated rings. The van der Waals surface area contributed by atoms with Gasteiger partial charge in [0.1, 0.15) is 17.2 Å². The van der Waals surface area contributed by atoms with Gasteiger partial charge in [-0.15, -0.1) is 17.3 Å². The molecule has 122 valence electrons. The van der Waals surface area contributed by atoms with E-state index >= 15 is 0 Å². The van der Waals surface area contributed by atoms with E-state index in [-0.39, 0.29) is 5.91 Å². The summed E-state index contributed by atoms with van der Waals surface area (Å²) < 4.78 is 5.59. The standard InChI is InChI=1S/C17H14ClN3O2S/c1-2-3-4-8-23-11-5-6-14-12(10-11)16(21-20-14)19-17(22)15-13(18)7-9-24-15/h5-7,9-10H,2,8H2,1H3,(H2,19,20,21,22). The Bertz CT molecular complexity index is 936. The van der Waals surface area contributed by atoms with Crippen LogP contribution in [-0.2, 0) is 0 Å². The Morgan fingerprint density at radius 3 is 3.04 bits per heavy atom. The summed E-state index contributed by atoms with van der Waals surface area (Å²) >= 11 is 7.27. The molecule has 0 spiro atoms. The zero-order chi connectivity index (χ0) is 16.9. The summed E-state index contributed by atoms with van der Waals surface area (Å²) in [4.78, 5) is 12.7. The molecule has 0 aliphatic heterocycles. The number of anilines is 1. The molecule has 0 saturated carbocycles. The lowest BCUT2D eigenvalue weighted by molar-refractivity contribution is 0.103. The van der Waals surface area contributed by atoms with E-state index in [2.05, 4.69) is 27.4 Å². The molecule has 2 aromatic heterocycles. The van der Waals surface area contributed by atoms with Crippen LogP contribution in [0.25, 0.3) is 10.9 Å². The number of fused-ring (bicyclic) bond motifs is 1. The number of thiophene rings is 1. The molecule has 1 aromatic carbocycles. The van der Waals surface area contributed by atoms with Crippen LogP contribution in [0.2, 0.25) is 5.02 Å². The summed E-state index contributed by atoms with van der Waals surface area (Å²) in [6.07, 6.45) is 0.797. The number of nitrogens with one attached hydrogen (secondary N) is 2. The fourth-order valence-corrected chi connectivity index (χ4v) is 3.13. The molecular formula is C17H14ClN3O2S. The number of H-pyrrole nitrogens is 1. The summed E-state index contributed by atoms with van der Waals surface area (Å²) in [7, 11) is 0. The SMILES string of the molecule is CCC#CCOc1ccc2[nH]nc(NC(=O)c3sccc3Cl)c2c1. The zero-order valence-electron chi connectivity index (χ0n) is 12.9. The zero-order valence-corrected chi connectivity index (χ0v) is 14.4. The number of nitrogens with zero attached hydrogens (tertiary/aromatic N) is 1. The van der Waals surface area contributed by atoms with Crippen molar-refractivity contribution in [3.63, 3.8) is 0 Å². The van der Waals surface area contributed by atoms with Gasteiger partial charge in [-0.2, -0.15) is 5.10 Å². The first-order chi connectivity index (χ1) is 11.7. The number of amides is 1. The number of hydrogen-bond donors (Lipinski definition) is 2. The number of aromatic amines is 1. The van der Waals surface area contributed by atoms with Gasteiger partial charge in [0, 0.05) is 11.8 Å². The Labute approximate surface area is 148 Å². The maximum absolute atomic E-state index is 12.3. The number of hydrogen-bond acceptors (Lipinski definition) is 4. The summed E-state index contributed by atoms with van der Waals surface area (Å²) in [6.45, 7) is 2.31. The first-order valence-electron chi connectivity index (χ1n) is 7.30. The van der Waals surface area contributed by atoms with Crippen LogP contribution in [0.5, 0.6) is 5.75 Å². The van der Waals surface area contributed by atoms with E-state index in [0.717, 1.165) is 17.3 Å². The lowest BCUT2D eigenvalue weighted by Crippen LogP contribution is -2.11. The average molecular weight is 360 g/mol. The van der Waals surface area contributed by atoms with E-state index in [4.69, 9.17) is 16.3 Å². The highest BCUT2D eigenvalue weighted by Gasteiger charge is 2.15. The Balaban J connectivity index is 1.81. The number of carbonyl (C=O) groups is 1. The second-order valence-electron chi connectivity index (χ2n) is 4.83. The van der Waals surface area contributed by atoms with Gasteiger partial charge < -0.3 is 10.1 Å². The van der Waals surface area contributed by atoms with Gasteiger partial charge in [-0.3, -0.25) is 9.89 Å². The molecule has 0 saturated heterocycles. The van der Waals surface area contributed by atoms with E-state index in [1.807, 2.05) is 25.1 Å². The number of rotatable bonds is 4. The van der Waals surface area contributed by atoms with Gasteiger partial charge in [-0.05, 0) is 29.6 Å². The van der Waals surface area contributed by atoms with Crippen molar-refractivity contribution in [3.05, 3.63) is 39.5 Å². The fourth-order valence-electron chi connectivity index (χ4n) is 2.09. The number of halogens is 1. The molecule has 0 radical (unpaired) electrons. The number of carbonyl (C=O) groups excluding carboxylic acids is 1. The molecule has 1 amide bonds. The van der Waals surface area contributed by atoms with Crippen LogP contribution >= 0.6 is 22.9 Å². The van der Waals surface area contributed by atoms with E-state index in [0.29, 0.717) is 28.1 Å². The number of aromatic nitrogens is 2. The highest BCUT2D eigenvalue weighted by Crippen LogP contribution is 2.27. The number of ether oxygens (including phenoxy) is 1. The van der Waals surface area contributed by atoms with Crippen LogP contribution in [0.15, 0.2) is 29.6 Å². The summed E-state index contributed by atoms with van der Waals surface area (Å²) in [5, 5.41) is 12.8. The van der Waals surface area contributed by atoms with Crippen molar-refractivity contribution in [2.24, 2.45) is 0 Å². The minimum absolute atomic E-state index is 0.288. The van der Waals surface area contributed by atoms with Crippen molar-refractivity contribution in [2.75, 3.05) is 11.9 Å². The average Bonchev–Trinajstić information content (AvgIpc) is 3.18. The summed E-state index contributed by atoms with van der Waals surface area (Å²) in [6, 6.07) is 7.18. The molecule has 0 aliphatic rings. The molecule has 0 bridgehead atoms. The van der Waals surface area contributed by atoms with Gasteiger partial charge in [0.05, 0.1) is 10.5 Å². The van der Waals surface area contributed by atoms with Crippen molar-refractivity contribution < 1.29 is 9.53 Å². The monoisotopic (exact) mass is 359 g/mol. The van der Waals surface area contributed by atoms with Gasteiger partial charge >= 0.3 is 0 Å². The van der Waals surface area contributed by atoms with Gasteiger partial charge in [0.2, 0.25) is 0 Å². The Morgan fingerprint density at radius 2 is 2.29 bits per heavy atom. The molecule has 5 nitrogen and oxygen atoms in total. The largest absolute Gasteiger partial charge is 0.481 e. The maximum Gasteiger partial charge on any atom is 0.268 e. The second-order valence-corrected chi connectivity index (χ2v) is 6.15. The van der Waals surface area contributed by atoms with Crippen LogP contribution in [-0.4, -0.2) is 22.7 Å². The molecule has 0 unspecified atom stereocenters. The molecule has 7 heteroatoms. The molecule has 3 rings (SSSR count). The third kappa shape index (κ3) is 3.53. The lowest BCUT2D eigenvalue weighted by atomic mass is 10.2. The molecule has 0 atom stereocenters. The molecular weight excluding hydrogens is 346 g/mol. The predicted octanol–water partition coefficient (Wildman–Crippen LogP) is 4.32. The second kappa shape index (κ2) is 7.39. The summed E-state index contributed by atoms with van der Waals surface area (Å²) in [5.74, 6) is 6.68. The smallest absolute Gasteiger partial charge is 0.268 e. The molecule has 0 aliphatic carbocycles. The molecule has 24 heavy (non-hydrogen) atoms. The highest BCUT2D eigenvalue weighted by molar-refractivity contribution is 7.12. The Morgan fingerprint density at radius 1 is 1.42 bits per heavy atom. The van der Waals surface area contributed by atoms with Crippen LogP contribution in [0, 0.1) is 11.8 Å². The quantitative estimate of drug-likeness (QED) is 0.681. The van der Waals surface area contributed by atoms with Gasteiger partial charge in [0.15, 0.2) is 5.82 Å². The third-order valence-electron chi connectivity index (χ3n) is 3.20. The van der Waals surface area contributed by atoms with Crippen molar-refractivity contribution >= 4 is 45.6 Å². The first-order valence-corrected chi connectivity index (χ1v) is 8.55. The van der Waals surface area contributed by atoms with Crippen LogP contribution in [0.3, 0.4) is 0 Å². The van der Waals surface area contributed by atoms with Crippen molar-refractivity contribution in [1.29, 1.82) is 0 Å². The molecule has 2 N–H and O–H groups in total.